The quantitative estimate of drug-likeness (QED) is 0.510. The van der Waals surface area contributed by atoms with Gasteiger partial charge in [0.25, 0.3) is 0 Å². The smallest absolute Gasteiger partial charge is 0.410 e. The lowest BCUT2D eigenvalue weighted by Crippen LogP contribution is -2.36. The summed E-state index contributed by atoms with van der Waals surface area (Å²) in [5.74, 6) is 1.78. The molecule has 5 nitrogen and oxygen atoms in total. The van der Waals surface area contributed by atoms with Gasteiger partial charge in [-0.25, -0.2) is 4.79 Å². The molecule has 2 heterocycles. The summed E-state index contributed by atoms with van der Waals surface area (Å²) in [4.78, 5) is 27.2. The zero-order chi connectivity index (χ0) is 21.1. The molecule has 3 fully saturated rings. The molecule has 4 rings (SSSR count). The van der Waals surface area contributed by atoms with Crippen molar-refractivity contribution in [3.63, 3.8) is 0 Å². The van der Waals surface area contributed by atoms with Gasteiger partial charge in [0.1, 0.15) is 6.10 Å². The number of hydrogen-bond acceptors (Lipinski definition) is 6. The van der Waals surface area contributed by atoms with E-state index in [1.54, 1.807) is 4.90 Å². The van der Waals surface area contributed by atoms with Crippen molar-refractivity contribution in [2.75, 3.05) is 31.2 Å². The summed E-state index contributed by atoms with van der Waals surface area (Å²) >= 11 is 7.61. The number of rotatable bonds is 4. The van der Waals surface area contributed by atoms with Crippen molar-refractivity contribution >= 4 is 51.5 Å². The minimum absolute atomic E-state index is 0.0160. The Bertz CT molecular complexity index is 759. The summed E-state index contributed by atoms with van der Waals surface area (Å²) in [5.41, 5.74) is 1.04. The Hall–Kier alpha value is -0.860. The van der Waals surface area contributed by atoms with Crippen LogP contribution in [0.5, 0.6) is 0 Å². The zero-order valence-corrected chi connectivity index (χ0v) is 20.4. The summed E-state index contributed by atoms with van der Waals surface area (Å²) in [6.45, 7) is 2.98. The van der Waals surface area contributed by atoms with Crippen molar-refractivity contribution < 1.29 is 19.1 Å². The van der Waals surface area contributed by atoms with Gasteiger partial charge in [-0.3, -0.25) is 4.79 Å². The molecule has 1 spiro atoms. The van der Waals surface area contributed by atoms with E-state index in [0.717, 1.165) is 35.7 Å². The number of nitrogens with zero attached hydrogens (tertiary/aromatic N) is 1. The molecule has 0 bridgehead atoms. The van der Waals surface area contributed by atoms with E-state index in [1.165, 1.54) is 11.5 Å². The van der Waals surface area contributed by atoms with Crippen LogP contribution in [0.15, 0.2) is 28.7 Å². The maximum absolute atomic E-state index is 12.9. The van der Waals surface area contributed by atoms with Gasteiger partial charge in [-0.05, 0) is 50.3 Å². The molecule has 1 aromatic rings. The molecular weight excluding hydrogens is 486 g/mol. The molecule has 30 heavy (non-hydrogen) atoms. The van der Waals surface area contributed by atoms with Gasteiger partial charge in [-0.1, -0.05) is 28.1 Å². The Morgan fingerprint density at radius 1 is 1.13 bits per heavy atom. The fourth-order valence-corrected chi connectivity index (χ4v) is 8.20. The molecule has 8 heteroatoms. The Balaban J connectivity index is 1.39. The molecule has 1 aromatic carbocycles. The Kier molecular flexibility index (Phi) is 7.25. The highest BCUT2D eigenvalue weighted by atomic mass is 79.9. The van der Waals surface area contributed by atoms with E-state index in [-0.39, 0.29) is 30.0 Å². The van der Waals surface area contributed by atoms with Crippen molar-refractivity contribution in [3.05, 3.63) is 34.3 Å². The highest BCUT2D eigenvalue weighted by Gasteiger charge is 2.44. The summed E-state index contributed by atoms with van der Waals surface area (Å²) in [6.07, 6.45) is 3.75. The Morgan fingerprint density at radius 2 is 1.80 bits per heavy atom. The minimum Gasteiger partial charge on any atom is -0.466 e. The van der Waals surface area contributed by atoms with Crippen LogP contribution >= 0.6 is 39.5 Å². The van der Waals surface area contributed by atoms with Gasteiger partial charge in [0.05, 0.1) is 16.6 Å². The van der Waals surface area contributed by atoms with E-state index in [9.17, 15) is 9.59 Å². The predicted molar refractivity (Wildman–Crippen MR) is 125 cm³/mol. The third kappa shape index (κ3) is 4.96. The Labute approximate surface area is 195 Å². The van der Waals surface area contributed by atoms with Gasteiger partial charge in [0, 0.05) is 35.0 Å². The number of hydrogen-bond donors (Lipinski definition) is 0. The summed E-state index contributed by atoms with van der Waals surface area (Å²) in [7, 11) is 0. The van der Waals surface area contributed by atoms with Gasteiger partial charge in [-0.2, -0.15) is 0 Å². The number of halogens is 1. The second-order valence-electron chi connectivity index (χ2n) is 8.11. The average molecular weight is 515 g/mol. The monoisotopic (exact) mass is 513 g/mol. The van der Waals surface area contributed by atoms with Crippen molar-refractivity contribution in [2.24, 2.45) is 5.92 Å². The van der Waals surface area contributed by atoms with Gasteiger partial charge < -0.3 is 14.4 Å². The second kappa shape index (κ2) is 9.74. The number of esters is 1. The van der Waals surface area contributed by atoms with Crippen LogP contribution < -0.4 is 0 Å². The molecule has 2 aliphatic heterocycles. The van der Waals surface area contributed by atoms with Gasteiger partial charge in [-0.15, -0.1) is 23.5 Å². The van der Waals surface area contributed by atoms with Gasteiger partial charge in [0.15, 0.2) is 0 Å². The number of amides is 1. The largest absolute Gasteiger partial charge is 0.466 e. The second-order valence-corrected chi connectivity index (χ2v) is 12.2. The SMILES string of the molecule is CCOC(=O)[C@H]1CN(C(=O)OC2CCC3(CC2)SCCS3)C[C@@H]1c1ccc(Br)cc1. The van der Waals surface area contributed by atoms with E-state index in [0.29, 0.717) is 23.8 Å². The van der Waals surface area contributed by atoms with Crippen LogP contribution in [-0.2, 0) is 14.3 Å². The highest BCUT2D eigenvalue weighted by Crippen LogP contribution is 2.53. The molecule has 0 N–H and O–H groups in total. The molecule has 164 valence electrons. The molecule has 1 amide bonds. The van der Waals surface area contributed by atoms with E-state index >= 15 is 0 Å². The number of ether oxygens (including phenoxy) is 2. The normalized spacial score (nSPS) is 26.1. The van der Waals surface area contributed by atoms with E-state index in [2.05, 4.69) is 39.5 Å². The highest BCUT2D eigenvalue weighted by molar-refractivity contribution is 9.10. The number of benzene rings is 1. The molecule has 1 aliphatic carbocycles. The fraction of sp³-hybridized carbons (Fsp3) is 0.636. The fourth-order valence-electron chi connectivity index (χ4n) is 4.64. The molecule has 2 saturated heterocycles. The summed E-state index contributed by atoms with van der Waals surface area (Å²) < 4.78 is 12.5. The lowest BCUT2D eigenvalue weighted by atomic mass is 9.89. The third-order valence-electron chi connectivity index (χ3n) is 6.24. The first-order valence-corrected chi connectivity index (χ1v) is 13.4. The van der Waals surface area contributed by atoms with Crippen molar-refractivity contribution in [1.29, 1.82) is 0 Å². The lowest BCUT2D eigenvalue weighted by molar-refractivity contribution is -0.147. The number of carbonyl (C=O) groups is 2. The number of likely N-dealkylation sites (tertiary alicyclic amines) is 1. The first-order chi connectivity index (χ1) is 14.5. The standard InChI is InChI=1S/C22H28BrNO4S2/c1-2-27-20(25)19-14-24(13-18(19)15-3-5-16(23)6-4-15)21(26)28-17-7-9-22(10-8-17)29-11-12-30-22/h3-6,17-19H,2,7-14H2,1H3/t18-,19+/m1/s1. The van der Waals surface area contributed by atoms with Crippen LogP contribution in [0.1, 0.15) is 44.1 Å². The Morgan fingerprint density at radius 3 is 2.43 bits per heavy atom. The van der Waals surface area contributed by atoms with Crippen molar-refractivity contribution in [3.8, 4) is 0 Å². The summed E-state index contributed by atoms with van der Waals surface area (Å²) in [5, 5.41) is 0. The molecule has 0 unspecified atom stereocenters. The maximum Gasteiger partial charge on any atom is 0.410 e. The van der Waals surface area contributed by atoms with E-state index in [4.69, 9.17) is 9.47 Å². The van der Waals surface area contributed by atoms with Crippen molar-refractivity contribution in [1.82, 2.24) is 4.90 Å². The molecule has 2 atom stereocenters. The molecule has 0 aromatic heterocycles. The van der Waals surface area contributed by atoms with Crippen LogP contribution in [-0.4, -0.2) is 58.3 Å². The summed E-state index contributed by atoms with van der Waals surface area (Å²) in [6, 6.07) is 7.95. The topological polar surface area (TPSA) is 55.8 Å². The minimum atomic E-state index is -0.361. The van der Waals surface area contributed by atoms with Gasteiger partial charge >= 0.3 is 12.1 Å². The molecule has 1 saturated carbocycles. The molecule has 3 aliphatic rings. The number of thioether (sulfide) groups is 2. The maximum atomic E-state index is 12.9. The van der Waals surface area contributed by atoms with Crippen LogP contribution in [0.2, 0.25) is 0 Å². The first kappa shape index (κ1) is 22.3. The lowest BCUT2D eigenvalue weighted by Gasteiger charge is -2.35. The first-order valence-electron chi connectivity index (χ1n) is 10.7. The van der Waals surface area contributed by atoms with Crippen LogP contribution in [0.3, 0.4) is 0 Å². The van der Waals surface area contributed by atoms with Crippen LogP contribution in [0, 0.1) is 5.92 Å². The van der Waals surface area contributed by atoms with Crippen LogP contribution in [0.25, 0.3) is 0 Å². The van der Waals surface area contributed by atoms with E-state index in [1.807, 2.05) is 31.2 Å². The zero-order valence-electron chi connectivity index (χ0n) is 17.2. The van der Waals surface area contributed by atoms with Crippen LogP contribution in [0.4, 0.5) is 4.79 Å². The van der Waals surface area contributed by atoms with Gasteiger partial charge in [0.2, 0.25) is 0 Å². The molecule has 0 radical (unpaired) electrons. The third-order valence-corrected chi connectivity index (χ3v) is 10.4. The van der Waals surface area contributed by atoms with E-state index < -0.39 is 0 Å². The number of carbonyl (C=O) groups excluding carboxylic acids is 2. The van der Waals surface area contributed by atoms with Crippen molar-refractivity contribution in [2.45, 2.75) is 48.7 Å². The molecular formula is C22H28BrNO4S2. The predicted octanol–water partition coefficient (Wildman–Crippen LogP) is 5.28. The average Bonchev–Trinajstić information content (AvgIpc) is 3.39.